The number of pyridine rings is 1. The number of aromatic nitrogens is 1. The van der Waals surface area contributed by atoms with Crippen molar-refractivity contribution in [1.29, 1.82) is 0 Å². The summed E-state index contributed by atoms with van der Waals surface area (Å²) in [4.78, 5) is 4.30. The first-order valence-corrected chi connectivity index (χ1v) is 10.3. The minimum Gasteiger partial charge on any atom is -0.398 e. The molecule has 0 aliphatic rings. The van der Waals surface area contributed by atoms with Gasteiger partial charge in [0.25, 0.3) is 0 Å². The molecular formula is C20H15F6N3S2. The van der Waals surface area contributed by atoms with E-state index in [1.807, 2.05) is 0 Å². The van der Waals surface area contributed by atoms with Crippen LogP contribution in [0.5, 0.6) is 0 Å². The van der Waals surface area contributed by atoms with Crippen LogP contribution in [0, 0.1) is 6.92 Å². The second-order valence-corrected chi connectivity index (χ2v) is 8.43. The topological polar surface area (TPSA) is 64.9 Å². The van der Waals surface area contributed by atoms with Crippen LogP contribution in [0.25, 0.3) is 0 Å². The number of hydrogen-bond donors (Lipinski definition) is 2. The van der Waals surface area contributed by atoms with Crippen molar-refractivity contribution in [2.45, 2.75) is 39.1 Å². The van der Waals surface area contributed by atoms with Crippen LogP contribution >= 0.6 is 23.5 Å². The third-order valence-corrected chi connectivity index (χ3v) is 6.36. The molecule has 164 valence electrons. The maximum atomic E-state index is 13.8. The smallest absolute Gasteiger partial charge is 0.398 e. The highest BCUT2D eigenvalue weighted by atomic mass is 32.2. The Balaban J connectivity index is 2.27. The molecule has 1 aromatic heterocycles. The minimum atomic E-state index is -5.06. The summed E-state index contributed by atoms with van der Waals surface area (Å²) in [7, 11) is 0. The number of nitrogen functional groups attached to an aromatic ring is 2. The van der Waals surface area contributed by atoms with E-state index in [0.29, 0.717) is 23.5 Å². The first kappa shape index (κ1) is 23.1. The first-order valence-electron chi connectivity index (χ1n) is 8.63. The molecule has 3 aromatic rings. The maximum absolute atomic E-state index is 13.8. The highest BCUT2D eigenvalue weighted by Crippen LogP contribution is 2.49. The number of anilines is 2. The van der Waals surface area contributed by atoms with Crippen LogP contribution in [0.3, 0.4) is 0 Å². The Morgan fingerprint density at radius 2 is 1.03 bits per heavy atom. The molecule has 0 saturated heterocycles. The molecule has 0 aliphatic carbocycles. The number of halogens is 6. The number of rotatable bonds is 4. The van der Waals surface area contributed by atoms with Crippen molar-refractivity contribution >= 4 is 34.9 Å². The van der Waals surface area contributed by atoms with Crippen LogP contribution in [0.2, 0.25) is 0 Å². The van der Waals surface area contributed by atoms with Crippen molar-refractivity contribution in [3.05, 3.63) is 65.2 Å². The molecule has 0 unspecified atom stereocenters. The zero-order valence-electron chi connectivity index (χ0n) is 15.8. The van der Waals surface area contributed by atoms with Crippen molar-refractivity contribution in [2.24, 2.45) is 0 Å². The van der Waals surface area contributed by atoms with E-state index in [4.69, 9.17) is 11.5 Å². The molecule has 0 saturated carbocycles. The van der Waals surface area contributed by atoms with Crippen molar-refractivity contribution < 1.29 is 26.3 Å². The number of benzene rings is 2. The van der Waals surface area contributed by atoms with Gasteiger partial charge in [0.1, 0.15) is 10.1 Å². The van der Waals surface area contributed by atoms with Gasteiger partial charge in [-0.05, 0) is 36.8 Å². The number of alkyl halides is 6. The average molecular weight is 475 g/mol. The molecule has 0 atom stereocenters. The summed E-state index contributed by atoms with van der Waals surface area (Å²) >= 11 is 1.12. The Morgan fingerprint density at radius 3 is 1.35 bits per heavy atom. The molecule has 0 aliphatic heterocycles. The monoisotopic (exact) mass is 475 g/mol. The fourth-order valence-corrected chi connectivity index (χ4v) is 4.98. The van der Waals surface area contributed by atoms with Crippen LogP contribution in [-0.4, -0.2) is 4.98 Å². The Labute approximate surface area is 182 Å². The molecule has 0 amide bonds. The van der Waals surface area contributed by atoms with Gasteiger partial charge in [-0.25, -0.2) is 4.98 Å². The van der Waals surface area contributed by atoms with Crippen molar-refractivity contribution in [3.8, 4) is 0 Å². The SMILES string of the molecule is Cc1c(C(F)(F)F)c(Sc2ccccc2N)nc(Sc2ccccc2N)c1C(F)(F)F. The molecule has 11 heteroatoms. The molecule has 0 bridgehead atoms. The summed E-state index contributed by atoms with van der Waals surface area (Å²) in [6.07, 6.45) is -10.1. The molecule has 0 spiro atoms. The largest absolute Gasteiger partial charge is 0.419 e. The summed E-state index contributed by atoms with van der Waals surface area (Å²) in [5.41, 5.74) is 8.15. The van der Waals surface area contributed by atoms with Gasteiger partial charge in [-0.15, -0.1) is 0 Å². The molecule has 2 aromatic carbocycles. The molecule has 0 radical (unpaired) electrons. The number of nitrogens with two attached hydrogens (primary N) is 2. The fraction of sp³-hybridized carbons (Fsp3) is 0.150. The van der Waals surface area contributed by atoms with E-state index in [1.165, 1.54) is 24.3 Å². The second kappa shape index (κ2) is 8.54. The van der Waals surface area contributed by atoms with E-state index in [0.717, 1.165) is 6.92 Å². The maximum Gasteiger partial charge on any atom is 0.419 e. The van der Waals surface area contributed by atoms with Gasteiger partial charge < -0.3 is 11.5 Å². The van der Waals surface area contributed by atoms with Crippen LogP contribution in [0.1, 0.15) is 16.7 Å². The number of para-hydroxylation sites is 2. The molecule has 3 nitrogen and oxygen atoms in total. The summed E-state index contributed by atoms with van der Waals surface area (Å²) < 4.78 is 82.9. The van der Waals surface area contributed by atoms with E-state index in [1.54, 1.807) is 24.3 Å². The first-order chi connectivity index (χ1) is 14.4. The lowest BCUT2D eigenvalue weighted by atomic mass is 10.1. The van der Waals surface area contributed by atoms with Crippen molar-refractivity contribution in [2.75, 3.05) is 11.5 Å². The molecular weight excluding hydrogens is 460 g/mol. The van der Waals surface area contributed by atoms with Gasteiger partial charge in [0, 0.05) is 21.2 Å². The lowest BCUT2D eigenvalue weighted by Gasteiger charge is -2.22. The molecule has 0 fully saturated rings. The molecule has 31 heavy (non-hydrogen) atoms. The van der Waals surface area contributed by atoms with Gasteiger partial charge in [-0.1, -0.05) is 47.8 Å². The van der Waals surface area contributed by atoms with Crippen LogP contribution in [0.15, 0.2) is 68.4 Å². The second-order valence-electron chi connectivity index (χ2n) is 6.37. The normalized spacial score (nSPS) is 12.2. The third kappa shape index (κ3) is 5.04. The average Bonchev–Trinajstić information content (AvgIpc) is 2.63. The molecule has 1 heterocycles. The van der Waals surface area contributed by atoms with Gasteiger partial charge in [0.2, 0.25) is 0 Å². The van der Waals surface area contributed by atoms with Crippen LogP contribution in [0.4, 0.5) is 37.7 Å². The number of nitrogens with zero attached hydrogens (tertiary/aromatic N) is 1. The zero-order valence-corrected chi connectivity index (χ0v) is 17.4. The van der Waals surface area contributed by atoms with Gasteiger partial charge in [0.05, 0.1) is 11.1 Å². The summed E-state index contributed by atoms with van der Waals surface area (Å²) in [6, 6.07) is 12.2. The van der Waals surface area contributed by atoms with E-state index in [2.05, 4.69) is 4.98 Å². The van der Waals surface area contributed by atoms with E-state index in [-0.39, 0.29) is 21.2 Å². The standard InChI is InChI=1S/C20H15F6N3S2/c1-10-15(19(21,22)23)17(30-13-8-4-2-6-11(13)27)29-18(16(10)20(24,25)26)31-14-9-5-3-7-12(14)28/h2-9H,27-28H2,1H3. The Morgan fingerprint density at radius 1 is 0.677 bits per heavy atom. The van der Waals surface area contributed by atoms with Crippen LogP contribution in [-0.2, 0) is 12.4 Å². The molecule has 4 N–H and O–H groups in total. The Hall–Kier alpha value is -2.53. The quantitative estimate of drug-likeness (QED) is 0.318. The van der Waals surface area contributed by atoms with E-state index >= 15 is 0 Å². The Bertz CT molecular complexity index is 1030. The van der Waals surface area contributed by atoms with E-state index in [9.17, 15) is 26.3 Å². The fourth-order valence-electron chi connectivity index (χ4n) is 2.82. The highest BCUT2D eigenvalue weighted by Gasteiger charge is 2.44. The lowest BCUT2D eigenvalue weighted by molar-refractivity contribution is -0.147. The third-order valence-electron chi connectivity index (χ3n) is 4.20. The summed E-state index contributed by atoms with van der Waals surface area (Å²) in [5.74, 6) is 0. The van der Waals surface area contributed by atoms with Gasteiger partial charge >= 0.3 is 12.4 Å². The predicted molar refractivity (Wildman–Crippen MR) is 109 cm³/mol. The Kier molecular flexibility index (Phi) is 6.38. The van der Waals surface area contributed by atoms with Crippen molar-refractivity contribution in [1.82, 2.24) is 4.98 Å². The summed E-state index contributed by atoms with van der Waals surface area (Å²) in [6.45, 7) is 0.796. The van der Waals surface area contributed by atoms with Gasteiger partial charge in [0.15, 0.2) is 0 Å². The zero-order chi connectivity index (χ0) is 23.0. The molecule has 3 rings (SSSR count). The number of hydrogen-bond acceptors (Lipinski definition) is 5. The lowest BCUT2D eigenvalue weighted by Crippen LogP contribution is -2.19. The van der Waals surface area contributed by atoms with Gasteiger partial charge in [-0.2, -0.15) is 26.3 Å². The predicted octanol–water partition coefficient (Wildman–Crippen LogP) is 6.89. The minimum absolute atomic E-state index is 0.182. The summed E-state index contributed by atoms with van der Waals surface area (Å²) in [5, 5.41) is -1.24. The van der Waals surface area contributed by atoms with Crippen LogP contribution < -0.4 is 11.5 Å². The van der Waals surface area contributed by atoms with E-state index < -0.39 is 39.1 Å². The van der Waals surface area contributed by atoms with Crippen molar-refractivity contribution in [3.63, 3.8) is 0 Å². The highest BCUT2D eigenvalue weighted by molar-refractivity contribution is 8.00. The van der Waals surface area contributed by atoms with Gasteiger partial charge in [-0.3, -0.25) is 0 Å².